The Kier molecular flexibility index (Phi) is 6.75. The van der Waals surface area contributed by atoms with Crippen molar-refractivity contribution in [3.63, 3.8) is 0 Å². The number of hydrogen-bond donors (Lipinski definition) is 0. The topological polar surface area (TPSA) is 35.5 Å². The third-order valence-electron chi connectivity index (χ3n) is 4.51. The number of carbonyl (C=O) groups excluding carboxylic acids is 1. The fourth-order valence-electron chi connectivity index (χ4n) is 3.08. The van der Waals surface area contributed by atoms with Crippen molar-refractivity contribution in [3.8, 4) is 5.75 Å². The first-order chi connectivity index (χ1) is 10.7. The third-order valence-corrected chi connectivity index (χ3v) is 4.51. The molecule has 1 aromatic carbocycles. The van der Waals surface area contributed by atoms with Crippen molar-refractivity contribution < 1.29 is 14.3 Å². The van der Waals surface area contributed by atoms with Gasteiger partial charge in [-0.15, -0.1) is 0 Å². The lowest BCUT2D eigenvalue weighted by Crippen LogP contribution is -2.26. The molecule has 0 bridgehead atoms. The summed E-state index contributed by atoms with van der Waals surface area (Å²) in [5.74, 6) is 0.925. The van der Waals surface area contributed by atoms with Crippen LogP contribution in [0.25, 0.3) is 0 Å². The Morgan fingerprint density at radius 1 is 1.09 bits per heavy atom. The highest BCUT2D eigenvalue weighted by Crippen LogP contribution is 2.34. The molecule has 122 valence electrons. The van der Waals surface area contributed by atoms with Crippen molar-refractivity contribution in [1.82, 2.24) is 0 Å². The van der Waals surface area contributed by atoms with Crippen LogP contribution in [0.5, 0.6) is 5.75 Å². The van der Waals surface area contributed by atoms with Crippen LogP contribution in [0.3, 0.4) is 0 Å². The summed E-state index contributed by atoms with van der Waals surface area (Å²) in [6.45, 7) is 2.22. The molecular weight excluding hydrogens is 276 g/mol. The molecule has 3 heteroatoms. The van der Waals surface area contributed by atoms with E-state index < -0.39 is 0 Å². The zero-order valence-electron chi connectivity index (χ0n) is 13.8. The average molecular weight is 304 g/mol. The van der Waals surface area contributed by atoms with Gasteiger partial charge in [0, 0.05) is 0 Å². The van der Waals surface area contributed by atoms with Crippen LogP contribution in [0.1, 0.15) is 70.0 Å². The van der Waals surface area contributed by atoms with E-state index in [1.54, 1.807) is 7.11 Å². The molecule has 2 unspecified atom stereocenters. The number of carbonyl (C=O) groups is 1. The normalized spacial score (nSPS) is 21.5. The SMILES string of the molecule is CCCCCCCC1CCC(c2ccc(OC)cc2)OC1=O. The Labute approximate surface area is 134 Å². The van der Waals surface area contributed by atoms with Gasteiger partial charge in [-0.1, -0.05) is 51.2 Å². The largest absolute Gasteiger partial charge is 0.497 e. The van der Waals surface area contributed by atoms with E-state index in [2.05, 4.69) is 6.92 Å². The van der Waals surface area contributed by atoms with E-state index in [1.165, 1.54) is 25.7 Å². The van der Waals surface area contributed by atoms with E-state index in [-0.39, 0.29) is 18.0 Å². The molecule has 2 atom stereocenters. The van der Waals surface area contributed by atoms with Crippen molar-refractivity contribution in [2.24, 2.45) is 5.92 Å². The van der Waals surface area contributed by atoms with Crippen LogP contribution in [0, 0.1) is 5.92 Å². The average Bonchev–Trinajstić information content (AvgIpc) is 2.56. The van der Waals surface area contributed by atoms with Crippen LogP contribution >= 0.6 is 0 Å². The van der Waals surface area contributed by atoms with Crippen LogP contribution in [-0.4, -0.2) is 13.1 Å². The standard InChI is InChI=1S/C19H28O3/c1-3-4-5-6-7-8-16-11-14-18(22-19(16)20)15-9-12-17(21-2)13-10-15/h9-10,12-13,16,18H,3-8,11,14H2,1-2H3. The molecule has 1 aliphatic heterocycles. The van der Waals surface area contributed by atoms with Gasteiger partial charge in [0.05, 0.1) is 13.0 Å². The number of methoxy groups -OCH3 is 1. The van der Waals surface area contributed by atoms with Crippen molar-refractivity contribution >= 4 is 5.97 Å². The second-order valence-corrected chi connectivity index (χ2v) is 6.18. The molecule has 0 aromatic heterocycles. The van der Waals surface area contributed by atoms with E-state index in [0.717, 1.165) is 37.0 Å². The molecule has 0 N–H and O–H groups in total. The molecule has 1 saturated heterocycles. The van der Waals surface area contributed by atoms with Crippen molar-refractivity contribution in [3.05, 3.63) is 29.8 Å². The number of esters is 1. The molecule has 0 spiro atoms. The van der Waals surface area contributed by atoms with Crippen molar-refractivity contribution in [2.45, 2.75) is 64.4 Å². The van der Waals surface area contributed by atoms with Gasteiger partial charge in [-0.3, -0.25) is 4.79 Å². The van der Waals surface area contributed by atoms with E-state index in [4.69, 9.17) is 9.47 Å². The highest BCUT2D eigenvalue weighted by molar-refractivity contribution is 5.73. The lowest BCUT2D eigenvalue weighted by Gasteiger charge is -2.28. The zero-order chi connectivity index (χ0) is 15.8. The maximum Gasteiger partial charge on any atom is 0.309 e. The van der Waals surface area contributed by atoms with Gasteiger partial charge < -0.3 is 9.47 Å². The highest BCUT2D eigenvalue weighted by atomic mass is 16.5. The summed E-state index contributed by atoms with van der Waals surface area (Å²) in [7, 11) is 1.65. The summed E-state index contributed by atoms with van der Waals surface area (Å²) in [5, 5.41) is 0. The lowest BCUT2D eigenvalue weighted by atomic mass is 9.90. The first kappa shape index (κ1) is 16.9. The predicted octanol–water partition coefficient (Wildman–Crippen LogP) is 5.05. The molecule has 0 amide bonds. The fraction of sp³-hybridized carbons (Fsp3) is 0.632. The van der Waals surface area contributed by atoms with Gasteiger partial charge in [0.15, 0.2) is 0 Å². The maximum atomic E-state index is 12.2. The van der Waals surface area contributed by atoms with Crippen LogP contribution in [0.2, 0.25) is 0 Å². The van der Waals surface area contributed by atoms with Crippen LogP contribution in [-0.2, 0) is 9.53 Å². The number of hydrogen-bond acceptors (Lipinski definition) is 3. The molecule has 0 radical (unpaired) electrons. The van der Waals surface area contributed by atoms with Gasteiger partial charge >= 0.3 is 5.97 Å². The van der Waals surface area contributed by atoms with Crippen LogP contribution in [0.15, 0.2) is 24.3 Å². The molecule has 1 fully saturated rings. The Bertz CT molecular complexity index is 452. The van der Waals surface area contributed by atoms with E-state index in [9.17, 15) is 4.79 Å². The van der Waals surface area contributed by atoms with E-state index >= 15 is 0 Å². The molecule has 0 aliphatic carbocycles. The monoisotopic (exact) mass is 304 g/mol. The predicted molar refractivity (Wildman–Crippen MR) is 87.9 cm³/mol. The summed E-state index contributed by atoms with van der Waals surface area (Å²) < 4.78 is 10.8. The first-order valence-corrected chi connectivity index (χ1v) is 8.59. The number of cyclic esters (lactones) is 1. The smallest absolute Gasteiger partial charge is 0.309 e. The molecular formula is C19H28O3. The molecule has 1 heterocycles. The van der Waals surface area contributed by atoms with Gasteiger partial charge in [0.2, 0.25) is 0 Å². The summed E-state index contributed by atoms with van der Waals surface area (Å²) >= 11 is 0. The van der Waals surface area contributed by atoms with Crippen molar-refractivity contribution in [1.29, 1.82) is 0 Å². The third kappa shape index (κ3) is 4.75. The quantitative estimate of drug-likeness (QED) is 0.498. The Balaban J connectivity index is 1.78. The summed E-state index contributed by atoms with van der Waals surface area (Å²) in [5.41, 5.74) is 1.07. The van der Waals surface area contributed by atoms with Gasteiger partial charge in [0.1, 0.15) is 11.9 Å². The first-order valence-electron chi connectivity index (χ1n) is 8.59. The fourth-order valence-corrected chi connectivity index (χ4v) is 3.08. The van der Waals surface area contributed by atoms with Gasteiger partial charge in [-0.2, -0.15) is 0 Å². The van der Waals surface area contributed by atoms with Crippen LogP contribution < -0.4 is 4.74 Å². The number of benzene rings is 1. The number of unbranched alkanes of at least 4 members (excludes halogenated alkanes) is 4. The summed E-state index contributed by atoms with van der Waals surface area (Å²) in [4.78, 5) is 12.2. The molecule has 0 saturated carbocycles. The second kappa shape index (κ2) is 8.82. The minimum Gasteiger partial charge on any atom is -0.497 e. The maximum absolute atomic E-state index is 12.2. The molecule has 3 nitrogen and oxygen atoms in total. The number of ether oxygens (including phenoxy) is 2. The lowest BCUT2D eigenvalue weighted by molar-refractivity contribution is -0.161. The van der Waals surface area contributed by atoms with E-state index in [1.807, 2.05) is 24.3 Å². The van der Waals surface area contributed by atoms with Gasteiger partial charge in [0.25, 0.3) is 0 Å². The molecule has 1 aromatic rings. The Hall–Kier alpha value is -1.51. The molecule has 2 rings (SSSR count). The minimum absolute atomic E-state index is 0.0115. The van der Waals surface area contributed by atoms with Crippen molar-refractivity contribution in [2.75, 3.05) is 7.11 Å². The Morgan fingerprint density at radius 2 is 1.82 bits per heavy atom. The molecule has 22 heavy (non-hydrogen) atoms. The highest BCUT2D eigenvalue weighted by Gasteiger charge is 2.30. The summed E-state index contributed by atoms with van der Waals surface area (Å²) in [6, 6.07) is 7.82. The van der Waals surface area contributed by atoms with Gasteiger partial charge in [-0.25, -0.2) is 0 Å². The molecule has 1 aliphatic rings. The zero-order valence-corrected chi connectivity index (χ0v) is 13.8. The minimum atomic E-state index is -0.0882. The Morgan fingerprint density at radius 3 is 2.45 bits per heavy atom. The van der Waals surface area contributed by atoms with E-state index in [0.29, 0.717) is 0 Å². The summed E-state index contributed by atoms with van der Waals surface area (Å²) in [6.07, 6.45) is 9.00. The van der Waals surface area contributed by atoms with Crippen LogP contribution in [0.4, 0.5) is 0 Å². The van der Waals surface area contributed by atoms with Gasteiger partial charge in [-0.05, 0) is 37.0 Å². The second-order valence-electron chi connectivity index (χ2n) is 6.18. The number of rotatable bonds is 8.